The SMILES string of the molecule is CCOC(=O)c1cccc(N2C(=O)C(O)=C(C(=O)CC)C2c2ccc(OC)cc2)c1. The lowest BCUT2D eigenvalue weighted by Crippen LogP contribution is -2.31. The van der Waals surface area contributed by atoms with Gasteiger partial charge >= 0.3 is 5.97 Å². The van der Waals surface area contributed by atoms with Gasteiger partial charge in [-0.05, 0) is 42.8 Å². The molecule has 0 spiro atoms. The molecule has 7 nitrogen and oxygen atoms in total. The number of ether oxygens (including phenoxy) is 2. The Morgan fingerprint density at radius 2 is 1.80 bits per heavy atom. The van der Waals surface area contributed by atoms with Crippen molar-refractivity contribution in [3.63, 3.8) is 0 Å². The molecule has 1 atom stereocenters. The Kier molecular flexibility index (Phi) is 6.20. The number of methoxy groups -OCH3 is 1. The number of benzene rings is 2. The highest BCUT2D eigenvalue weighted by Crippen LogP contribution is 2.41. The maximum atomic E-state index is 13.0. The van der Waals surface area contributed by atoms with Crippen LogP contribution in [0.5, 0.6) is 5.75 Å². The number of hydrogen-bond donors (Lipinski definition) is 1. The number of carbonyl (C=O) groups excluding carboxylic acids is 3. The van der Waals surface area contributed by atoms with Crippen molar-refractivity contribution in [3.8, 4) is 5.75 Å². The fourth-order valence-corrected chi connectivity index (χ4v) is 3.45. The summed E-state index contributed by atoms with van der Waals surface area (Å²) < 4.78 is 10.2. The van der Waals surface area contributed by atoms with E-state index in [9.17, 15) is 19.5 Å². The molecule has 1 aliphatic rings. The predicted molar refractivity (Wildman–Crippen MR) is 111 cm³/mol. The number of rotatable bonds is 7. The first-order valence-corrected chi connectivity index (χ1v) is 9.63. The molecule has 7 heteroatoms. The molecule has 1 heterocycles. The molecule has 156 valence electrons. The second-order valence-corrected chi connectivity index (χ2v) is 6.66. The fraction of sp³-hybridized carbons (Fsp3) is 0.261. The summed E-state index contributed by atoms with van der Waals surface area (Å²) in [7, 11) is 1.54. The highest BCUT2D eigenvalue weighted by molar-refractivity contribution is 6.16. The third-order valence-corrected chi connectivity index (χ3v) is 4.90. The molecule has 0 bridgehead atoms. The summed E-state index contributed by atoms with van der Waals surface area (Å²) in [5.41, 5.74) is 1.31. The van der Waals surface area contributed by atoms with Crippen LogP contribution in [0.1, 0.15) is 42.2 Å². The van der Waals surface area contributed by atoms with Gasteiger partial charge in [-0.3, -0.25) is 14.5 Å². The van der Waals surface area contributed by atoms with Crippen LogP contribution in [0.25, 0.3) is 0 Å². The zero-order valence-corrected chi connectivity index (χ0v) is 17.0. The van der Waals surface area contributed by atoms with Crippen LogP contribution in [0.2, 0.25) is 0 Å². The summed E-state index contributed by atoms with van der Waals surface area (Å²) in [6.45, 7) is 3.59. The van der Waals surface area contributed by atoms with Crippen molar-refractivity contribution in [1.29, 1.82) is 0 Å². The highest BCUT2D eigenvalue weighted by atomic mass is 16.5. The number of Topliss-reactive ketones (excluding diaryl/α,β-unsaturated/α-hetero) is 1. The van der Waals surface area contributed by atoms with Gasteiger partial charge in [0, 0.05) is 12.1 Å². The second kappa shape index (κ2) is 8.82. The first kappa shape index (κ1) is 21.1. The molecular formula is C23H23NO6. The minimum atomic E-state index is -0.826. The molecule has 0 aromatic heterocycles. The van der Waals surface area contributed by atoms with E-state index >= 15 is 0 Å². The van der Waals surface area contributed by atoms with Gasteiger partial charge in [0.1, 0.15) is 5.75 Å². The first-order chi connectivity index (χ1) is 14.4. The van der Waals surface area contributed by atoms with Crippen molar-refractivity contribution in [2.75, 3.05) is 18.6 Å². The summed E-state index contributed by atoms with van der Waals surface area (Å²) >= 11 is 0. The summed E-state index contributed by atoms with van der Waals surface area (Å²) in [4.78, 5) is 39.1. The predicted octanol–water partition coefficient (Wildman–Crippen LogP) is 3.75. The average Bonchev–Trinajstić information content (AvgIpc) is 3.04. The Labute approximate surface area is 174 Å². The van der Waals surface area contributed by atoms with Gasteiger partial charge in [0.2, 0.25) is 0 Å². The number of ketones is 1. The van der Waals surface area contributed by atoms with Crippen molar-refractivity contribution in [1.82, 2.24) is 0 Å². The molecule has 30 heavy (non-hydrogen) atoms. The molecule has 2 aromatic rings. The second-order valence-electron chi connectivity index (χ2n) is 6.66. The van der Waals surface area contributed by atoms with E-state index in [1.165, 1.54) is 11.0 Å². The lowest BCUT2D eigenvalue weighted by atomic mass is 9.94. The Bertz CT molecular complexity index is 1010. The Morgan fingerprint density at radius 1 is 1.10 bits per heavy atom. The molecule has 0 fully saturated rings. The van der Waals surface area contributed by atoms with Crippen LogP contribution in [0, 0.1) is 0 Å². The summed E-state index contributed by atoms with van der Waals surface area (Å²) in [5, 5.41) is 10.5. The highest BCUT2D eigenvalue weighted by Gasteiger charge is 2.44. The number of aliphatic hydroxyl groups excluding tert-OH is 1. The van der Waals surface area contributed by atoms with E-state index in [1.54, 1.807) is 63.4 Å². The molecule has 2 aromatic carbocycles. The average molecular weight is 409 g/mol. The topological polar surface area (TPSA) is 93.1 Å². The Hall–Kier alpha value is -3.61. The molecule has 1 unspecified atom stereocenters. The third kappa shape index (κ3) is 3.78. The van der Waals surface area contributed by atoms with Crippen LogP contribution in [-0.4, -0.2) is 36.5 Å². The minimum Gasteiger partial charge on any atom is -0.503 e. The van der Waals surface area contributed by atoms with Crippen molar-refractivity contribution in [2.45, 2.75) is 26.3 Å². The van der Waals surface area contributed by atoms with Crippen LogP contribution in [-0.2, 0) is 14.3 Å². The minimum absolute atomic E-state index is 0.0363. The van der Waals surface area contributed by atoms with E-state index in [2.05, 4.69) is 0 Å². The van der Waals surface area contributed by atoms with Crippen molar-refractivity contribution in [3.05, 3.63) is 71.0 Å². The van der Waals surface area contributed by atoms with Gasteiger partial charge in [0.25, 0.3) is 5.91 Å². The van der Waals surface area contributed by atoms with Gasteiger partial charge in [-0.25, -0.2) is 4.79 Å². The molecule has 0 radical (unpaired) electrons. The molecule has 0 saturated carbocycles. The molecular weight excluding hydrogens is 386 g/mol. The van der Waals surface area contributed by atoms with Crippen LogP contribution in [0.15, 0.2) is 59.9 Å². The molecule has 1 amide bonds. The monoisotopic (exact) mass is 409 g/mol. The van der Waals surface area contributed by atoms with Gasteiger partial charge < -0.3 is 14.6 Å². The maximum absolute atomic E-state index is 13.0. The van der Waals surface area contributed by atoms with Gasteiger partial charge in [-0.1, -0.05) is 25.1 Å². The quantitative estimate of drug-likeness (QED) is 0.700. The number of carbonyl (C=O) groups is 3. The standard InChI is InChI=1S/C23H23NO6/c1-4-18(25)19-20(14-9-11-17(29-3)12-10-14)24(22(27)21(19)26)16-8-6-7-15(13-16)23(28)30-5-2/h6-13,20,26H,4-5H2,1-3H3. The number of anilines is 1. The Balaban J connectivity index is 2.12. The largest absolute Gasteiger partial charge is 0.503 e. The smallest absolute Gasteiger partial charge is 0.338 e. The zero-order valence-electron chi connectivity index (χ0n) is 17.0. The van der Waals surface area contributed by atoms with Gasteiger partial charge in [0.15, 0.2) is 11.5 Å². The Morgan fingerprint density at radius 3 is 2.40 bits per heavy atom. The van der Waals surface area contributed by atoms with Crippen molar-refractivity contribution in [2.24, 2.45) is 0 Å². The zero-order chi connectivity index (χ0) is 21.8. The van der Waals surface area contributed by atoms with Crippen LogP contribution in [0.3, 0.4) is 0 Å². The van der Waals surface area contributed by atoms with E-state index in [0.29, 0.717) is 17.0 Å². The fourth-order valence-electron chi connectivity index (χ4n) is 3.45. The normalized spacial score (nSPS) is 16.0. The lowest BCUT2D eigenvalue weighted by molar-refractivity contribution is -0.118. The van der Waals surface area contributed by atoms with Gasteiger partial charge in [-0.2, -0.15) is 0 Å². The molecule has 1 N–H and O–H groups in total. The summed E-state index contributed by atoms with van der Waals surface area (Å²) in [5.74, 6) is -1.51. The van der Waals surface area contributed by atoms with E-state index < -0.39 is 23.7 Å². The van der Waals surface area contributed by atoms with Crippen LogP contribution in [0.4, 0.5) is 5.69 Å². The molecule has 0 aliphatic carbocycles. The number of amides is 1. The van der Waals surface area contributed by atoms with Crippen molar-refractivity contribution >= 4 is 23.3 Å². The van der Waals surface area contributed by atoms with E-state index in [-0.39, 0.29) is 29.9 Å². The van der Waals surface area contributed by atoms with Crippen LogP contribution < -0.4 is 9.64 Å². The molecule has 0 saturated heterocycles. The van der Waals surface area contributed by atoms with Crippen molar-refractivity contribution < 1.29 is 29.0 Å². The summed E-state index contributed by atoms with van der Waals surface area (Å²) in [6.07, 6.45) is 0.135. The maximum Gasteiger partial charge on any atom is 0.338 e. The molecule has 1 aliphatic heterocycles. The molecule has 3 rings (SSSR count). The number of esters is 1. The van der Waals surface area contributed by atoms with Gasteiger partial charge in [0.05, 0.1) is 30.9 Å². The number of hydrogen-bond acceptors (Lipinski definition) is 6. The van der Waals surface area contributed by atoms with Crippen LogP contribution >= 0.6 is 0 Å². The summed E-state index contributed by atoms with van der Waals surface area (Å²) in [6, 6.07) is 12.4. The lowest BCUT2D eigenvalue weighted by Gasteiger charge is -2.27. The third-order valence-electron chi connectivity index (χ3n) is 4.90. The number of nitrogens with zero attached hydrogens (tertiary/aromatic N) is 1. The van der Waals surface area contributed by atoms with Gasteiger partial charge in [-0.15, -0.1) is 0 Å². The van der Waals surface area contributed by atoms with E-state index in [0.717, 1.165) is 0 Å². The van der Waals surface area contributed by atoms with E-state index in [4.69, 9.17) is 9.47 Å². The van der Waals surface area contributed by atoms with E-state index in [1.807, 2.05) is 0 Å². The number of aliphatic hydroxyl groups is 1. The first-order valence-electron chi connectivity index (χ1n) is 9.63.